The van der Waals surface area contributed by atoms with Crippen LogP contribution >= 0.6 is 15.9 Å². The topological polar surface area (TPSA) is 86.3 Å². The molecule has 0 bridgehead atoms. The Labute approximate surface area is 186 Å². The van der Waals surface area contributed by atoms with E-state index < -0.39 is 0 Å². The zero-order chi connectivity index (χ0) is 21.4. The van der Waals surface area contributed by atoms with Gasteiger partial charge in [-0.15, -0.1) is 5.10 Å². The molecular formula is C22H18BrN5O3. The number of aromatic nitrogens is 4. The average molecular weight is 480 g/mol. The van der Waals surface area contributed by atoms with E-state index in [1.165, 1.54) is 0 Å². The van der Waals surface area contributed by atoms with Crippen LogP contribution in [-0.2, 0) is 13.0 Å². The number of amides is 1. The molecular weight excluding hydrogens is 462 g/mol. The molecule has 0 radical (unpaired) electrons. The SMILES string of the molecule is COc1ccccc1-n1cc(CN2CCc3onc(-c4ccc(Br)cc4)c3C2=O)nn1. The van der Waals surface area contributed by atoms with Gasteiger partial charge in [-0.2, -0.15) is 0 Å². The van der Waals surface area contributed by atoms with E-state index in [0.29, 0.717) is 48.0 Å². The number of fused-ring (bicyclic) bond motifs is 1. The fraction of sp³-hybridized carbons (Fsp3) is 0.182. The third-order valence-electron chi connectivity index (χ3n) is 5.22. The predicted molar refractivity (Wildman–Crippen MR) is 116 cm³/mol. The molecule has 156 valence electrons. The second kappa shape index (κ2) is 7.99. The highest BCUT2D eigenvalue weighted by molar-refractivity contribution is 9.10. The highest BCUT2D eigenvalue weighted by Gasteiger charge is 2.32. The first kappa shape index (κ1) is 19.5. The number of ether oxygens (including phenoxy) is 1. The van der Waals surface area contributed by atoms with Crippen LogP contribution in [0.1, 0.15) is 21.8 Å². The molecule has 3 heterocycles. The van der Waals surface area contributed by atoms with Gasteiger partial charge in [0.05, 0.1) is 19.9 Å². The Morgan fingerprint density at radius 3 is 2.77 bits per heavy atom. The molecule has 0 atom stereocenters. The van der Waals surface area contributed by atoms with Crippen LogP contribution in [0.2, 0.25) is 0 Å². The van der Waals surface area contributed by atoms with E-state index >= 15 is 0 Å². The van der Waals surface area contributed by atoms with Crippen molar-refractivity contribution in [3.05, 3.63) is 76.2 Å². The van der Waals surface area contributed by atoms with Gasteiger partial charge in [-0.05, 0) is 24.3 Å². The molecule has 31 heavy (non-hydrogen) atoms. The maximum Gasteiger partial charge on any atom is 0.260 e. The Bertz CT molecular complexity index is 1250. The van der Waals surface area contributed by atoms with Crippen LogP contribution < -0.4 is 4.74 Å². The first-order chi connectivity index (χ1) is 15.1. The molecule has 9 heteroatoms. The molecule has 8 nitrogen and oxygen atoms in total. The fourth-order valence-electron chi connectivity index (χ4n) is 3.67. The van der Waals surface area contributed by atoms with E-state index in [4.69, 9.17) is 9.26 Å². The maximum absolute atomic E-state index is 13.3. The number of hydrogen-bond acceptors (Lipinski definition) is 6. The summed E-state index contributed by atoms with van der Waals surface area (Å²) in [6, 6.07) is 15.2. The van der Waals surface area contributed by atoms with E-state index in [9.17, 15) is 4.79 Å². The van der Waals surface area contributed by atoms with Crippen LogP contribution in [0, 0.1) is 0 Å². The Morgan fingerprint density at radius 2 is 1.97 bits per heavy atom. The number of carbonyl (C=O) groups excluding carboxylic acids is 1. The van der Waals surface area contributed by atoms with Gasteiger partial charge in [-0.25, -0.2) is 4.68 Å². The van der Waals surface area contributed by atoms with Crippen molar-refractivity contribution in [2.45, 2.75) is 13.0 Å². The average Bonchev–Trinajstić information content (AvgIpc) is 3.44. The highest BCUT2D eigenvalue weighted by atomic mass is 79.9. The molecule has 0 fully saturated rings. The fourth-order valence-corrected chi connectivity index (χ4v) is 3.93. The van der Waals surface area contributed by atoms with Crippen molar-refractivity contribution in [3.63, 3.8) is 0 Å². The summed E-state index contributed by atoms with van der Waals surface area (Å²) in [5, 5.41) is 12.6. The van der Waals surface area contributed by atoms with Crippen molar-refractivity contribution in [1.29, 1.82) is 0 Å². The minimum atomic E-state index is -0.118. The second-order valence-corrected chi connectivity index (χ2v) is 8.05. The standard InChI is InChI=1S/C22H18BrN5O3/c1-30-18-5-3-2-4-17(18)28-13-16(24-26-28)12-27-11-10-19-20(22(27)29)21(25-31-19)14-6-8-15(23)9-7-14/h2-9,13H,10-12H2,1H3. The molecule has 2 aromatic carbocycles. The summed E-state index contributed by atoms with van der Waals surface area (Å²) in [5.74, 6) is 1.20. The predicted octanol–water partition coefficient (Wildman–Crippen LogP) is 3.89. The van der Waals surface area contributed by atoms with Gasteiger partial charge in [0.2, 0.25) is 0 Å². The number of benzene rings is 2. The summed E-state index contributed by atoms with van der Waals surface area (Å²) < 4.78 is 13.5. The molecule has 2 aromatic heterocycles. The lowest BCUT2D eigenvalue weighted by atomic mass is 10.0. The summed E-state index contributed by atoms with van der Waals surface area (Å²) in [5.41, 5.74) is 3.39. The summed E-state index contributed by atoms with van der Waals surface area (Å²) in [7, 11) is 1.61. The summed E-state index contributed by atoms with van der Waals surface area (Å²) in [6.07, 6.45) is 2.41. The lowest BCUT2D eigenvalue weighted by molar-refractivity contribution is 0.0717. The van der Waals surface area contributed by atoms with Gasteiger partial charge in [0.1, 0.15) is 28.4 Å². The van der Waals surface area contributed by atoms with E-state index in [0.717, 1.165) is 15.7 Å². The number of halogens is 1. The lowest BCUT2D eigenvalue weighted by Crippen LogP contribution is -2.36. The van der Waals surface area contributed by atoms with Crippen LogP contribution in [0.15, 0.2) is 63.7 Å². The Hall–Kier alpha value is -3.46. The Balaban J connectivity index is 1.40. The molecule has 1 aliphatic heterocycles. The molecule has 0 N–H and O–H groups in total. The maximum atomic E-state index is 13.3. The lowest BCUT2D eigenvalue weighted by Gasteiger charge is -2.25. The van der Waals surface area contributed by atoms with Crippen LogP contribution in [0.3, 0.4) is 0 Å². The number of nitrogens with zero attached hydrogens (tertiary/aromatic N) is 5. The number of hydrogen-bond donors (Lipinski definition) is 0. The zero-order valence-electron chi connectivity index (χ0n) is 16.7. The molecule has 0 unspecified atom stereocenters. The molecule has 1 aliphatic rings. The van der Waals surface area contributed by atoms with Gasteiger partial charge in [-0.3, -0.25) is 4.79 Å². The number of methoxy groups -OCH3 is 1. The van der Waals surface area contributed by atoms with Crippen molar-refractivity contribution < 1.29 is 14.1 Å². The van der Waals surface area contributed by atoms with E-state index in [2.05, 4.69) is 31.4 Å². The van der Waals surface area contributed by atoms with Gasteiger partial charge in [0.15, 0.2) is 5.76 Å². The van der Waals surface area contributed by atoms with Gasteiger partial charge in [0.25, 0.3) is 5.91 Å². The molecule has 1 amide bonds. The first-order valence-corrected chi connectivity index (χ1v) is 10.5. The number of para-hydroxylation sites is 2. The van der Waals surface area contributed by atoms with E-state index in [1.807, 2.05) is 54.7 Å². The van der Waals surface area contributed by atoms with Crippen molar-refractivity contribution in [3.8, 4) is 22.7 Å². The zero-order valence-corrected chi connectivity index (χ0v) is 18.2. The van der Waals surface area contributed by atoms with Crippen molar-refractivity contribution in [2.75, 3.05) is 13.7 Å². The molecule has 0 saturated heterocycles. The molecule has 0 spiro atoms. The summed E-state index contributed by atoms with van der Waals surface area (Å²) in [4.78, 5) is 15.0. The summed E-state index contributed by atoms with van der Waals surface area (Å²) in [6.45, 7) is 0.876. The van der Waals surface area contributed by atoms with E-state index in [-0.39, 0.29) is 5.91 Å². The molecule has 4 aromatic rings. The monoisotopic (exact) mass is 479 g/mol. The quantitative estimate of drug-likeness (QED) is 0.431. The van der Waals surface area contributed by atoms with Gasteiger partial charge >= 0.3 is 0 Å². The Morgan fingerprint density at radius 1 is 1.16 bits per heavy atom. The molecule has 5 rings (SSSR count). The largest absolute Gasteiger partial charge is 0.494 e. The van der Waals surface area contributed by atoms with Crippen molar-refractivity contribution in [2.24, 2.45) is 0 Å². The minimum Gasteiger partial charge on any atom is -0.494 e. The second-order valence-electron chi connectivity index (χ2n) is 7.14. The van der Waals surface area contributed by atoms with Gasteiger partial charge < -0.3 is 14.2 Å². The van der Waals surface area contributed by atoms with Crippen LogP contribution in [0.25, 0.3) is 16.9 Å². The first-order valence-electron chi connectivity index (χ1n) is 9.72. The van der Waals surface area contributed by atoms with Gasteiger partial charge in [0, 0.05) is 23.0 Å². The molecule has 0 aliphatic carbocycles. The van der Waals surface area contributed by atoms with Crippen LogP contribution in [-0.4, -0.2) is 44.6 Å². The third-order valence-corrected chi connectivity index (χ3v) is 5.74. The van der Waals surface area contributed by atoms with Crippen LogP contribution in [0.5, 0.6) is 5.75 Å². The summed E-state index contributed by atoms with van der Waals surface area (Å²) >= 11 is 3.43. The van der Waals surface area contributed by atoms with E-state index in [1.54, 1.807) is 16.7 Å². The van der Waals surface area contributed by atoms with Crippen molar-refractivity contribution >= 4 is 21.8 Å². The highest BCUT2D eigenvalue weighted by Crippen LogP contribution is 2.31. The smallest absolute Gasteiger partial charge is 0.260 e. The number of carbonyl (C=O) groups is 1. The third kappa shape index (κ3) is 3.61. The van der Waals surface area contributed by atoms with Gasteiger partial charge in [-0.1, -0.05) is 50.6 Å². The Kier molecular flexibility index (Phi) is 5.03. The number of rotatable bonds is 5. The van der Waals surface area contributed by atoms with Crippen LogP contribution in [0.4, 0.5) is 0 Å². The minimum absolute atomic E-state index is 0.118. The van der Waals surface area contributed by atoms with Crippen molar-refractivity contribution in [1.82, 2.24) is 25.1 Å². The normalized spacial score (nSPS) is 13.4. The molecule has 0 saturated carbocycles.